The molecule has 1 aliphatic carbocycles. The third kappa shape index (κ3) is 3.61. The van der Waals surface area contributed by atoms with Gasteiger partial charge in [0.1, 0.15) is 5.82 Å². The highest BCUT2D eigenvalue weighted by Crippen LogP contribution is 2.19. The van der Waals surface area contributed by atoms with Crippen LogP contribution >= 0.6 is 0 Å². The van der Waals surface area contributed by atoms with Gasteiger partial charge in [0.25, 0.3) is 0 Å². The maximum Gasteiger partial charge on any atom is 0.239 e. The average Bonchev–Trinajstić information content (AvgIpc) is 3.13. The van der Waals surface area contributed by atoms with E-state index in [-0.39, 0.29) is 5.91 Å². The van der Waals surface area contributed by atoms with Crippen LogP contribution in [0.15, 0.2) is 18.3 Å². The molecule has 1 amide bonds. The van der Waals surface area contributed by atoms with Crippen molar-refractivity contribution in [2.75, 3.05) is 30.4 Å². The van der Waals surface area contributed by atoms with Crippen molar-refractivity contribution in [3.05, 3.63) is 18.3 Å². The molecule has 0 aliphatic heterocycles. The molecule has 0 bridgehead atoms. The average molecular weight is 248 g/mol. The standard InChI is InChI=1S/C13H20N4O/c1-3-14-12-8-11(6-7-15-12)17(2)9-13(18)16-10-4-5-10/h6-8,10H,3-5,9H2,1-2H3,(H,14,15)(H,16,18). The van der Waals surface area contributed by atoms with Gasteiger partial charge in [-0.05, 0) is 25.8 Å². The summed E-state index contributed by atoms with van der Waals surface area (Å²) in [5.41, 5.74) is 0.992. The second-order valence-electron chi connectivity index (χ2n) is 4.63. The molecule has 0 radical (unpaired) electrons. The van der Waals surface area contributed by atoms with Crippen LogP contribution in [-0.4, -0.2) is 37.1 Å². The van der Waals surface area contributed by atoms with E-state index in [0.717, 1.165) is 30.9 Å². The van der Waals surface area contributed by atoms with Gasteiger partial charge in [-0.1, -0.05) is 0 Å². The van der Waals surface area contributed by atoms with Crippen molar-refractivity contribution in [2.24, 2.45) is 0 Å². The summed E-state index contributed by atoms with van der Waals surface area (Å²) >= 11 is 0. The van der Waals surface area contributed by atoms with Crippen LogP contribution in [-0.2, 0) is 4.79 Å². The summed E-state index contributed by atoms with van der Waals surface area (Å²) in [6, 6.07) is 4.28. The van der Waals surface area contributed by atoms with Gasteiger partial charge in [-0.15, -0.1) is 0 Å². The normalized spacial score (nSPS) is 14.1. The van der Waals surface area contributed by atoms with E-state index < -0.39 is 0 Å². The van der Waals surface area contributed by atoms with Crippen molar-refractivity contribution < 1.29 is 4.79 Å². The lowest BCUT2D eigenvalue weighted by Crippen LogP contribution is -2.36. The molecule has 5 nitrogen and oxygen atoms in total. The fourth-order valence-corrected chi connectivity index (χ4v) is 1.74. The Labute approximate surface area is 108 Å². The first-order valence-corrected chi connectivity index (χ1v) is 6.39. The molecule has 0 aromatic carbocycles. The van der Waals surface area contributed by atoms with E-state index >= 15 is 0 Å². The highest BCUT2D eigenvalue weighted by Gasteiger charge is 2.23. The van der Waals surface area contributed by atoms with E-state index in [9.17, 15) is 4.79 Å². The Hall–Kier alpha value is -1.78. The Morgan fingerprint density at radius 2 is 2.33 bits per heavy atom. The van der Waals surface area contributed by atoms with Crippen LogP contribution in [0.5, 0.6) is 0 Å². The van der Waals surface area contributed by atoms with E-state index in [2.05, 4.69) is 15.6 Å². The highest BCUT2D eigenvalue weighted by molar-refractivity contribution is 5.81. The molecule has 5 heteroatoms. The molecule has 0 atom stereocenters. The smallest absolute Gasteiger partial charge is 0.239 e. The van der Waals surface area contributed by atoms with Crippen LogP contribution < -0.4 is 15.5 Å². The van der Waals surface area contributed by atoms with Gasteiger partial charge < -0.3 is 15.5 Å². The number of carbonyl (C=O) groups is 1. The lowest BCUT2D eigenvalue weighted by molar-refractivity contribution is -0.119. The number of hydrogen-bond donors (Lipinski definition) is 2. The zero-order valence-corrected chi connectivity index (χ0v) is 10.9. The summed E-state index contributed by atoms with van der Waals surface area (Å²) in [4.78, 5) is 17.8. The number of nitrogens with one attached hydrogen (secondary N) is 2. The van der Waals surface area contributed by atoms with E-state index in [1.54, 1.807) is 6.20 Å². The predicted octanol–water partition coefficient (Wildman–Crippen LogP) is 1.23. The van der Waals surface area contributed by atoms with Gasteiger partial charge in [0, 0.05) is 37.6 Å². The van der Waals surface area contributed by atoms with Gasteiger partial charge in [-0.2, -0.15) is 0 Å². The van der Waals surface area contributed by atoms with Gasteiger partial charge in [0.15, 0.2) is 0 Å². The van der Waals surface area contributed by atoms with E-state index in [1.807, 2.05) is 31.0 Å². The van der Waals surface area contributed by atoms with E-state index in [1.165, 1.54) is 0 Å². The Morgan fingerprint density at radius 3 is 3.00 bits per heavy atom. The van der Waals surface area contributed by atoms with Crippen LogP contribution in [0.25, 0.3) is 0 Å². The topological polar surface area (TPSA) is 57.3 Å². The fourth-order valence-electron chi connectivity index (χ4n) is 1.74. The Kier molecular flexibility index (Phi) is 4.02. The van der Waals surface area contributed by atoms with Gasteiger partial charge in [0.2, 0.25) is 5.91 Å². The molecule has 0 saturated heterocycles. The molecule has 1 heterocycles. The van der Waals surface area contributed by atoms with Crippen LogP contribution in [0.4, 0.5) is 11.5 Å². The monoisotopic (exact) mass is 248 g/mol. The summed E-state index contributed by atoms with van der Waals surface area (Å²) < 4.78 is 0. The van der Waals surface area contributed by atoms with Crippen LogP contribution in [0.1, 0.15) is 19.8 Å². The van der Waals surface area contributed by atoms with Gasteiger partial charge >= 0.3 is 0 Å². The SMILES string of the molecule is CCNc1cc(N(C)CC(=O)NC2CC2)ccn1. The number of nitrogens with zero attached hydrogens (tertiary/aromatic N) is 2. The van der Waals surface area contributed by atoms with Crippen molar-refractivity contribution in [1.82, 2.24) is 10.3 Å². The number of hydrogen-bond acceptors (Lipinski definition) is 4. The second kappa shape index (κ2) is 5.71. The molecule has 2 rings (SSSR count). The van der Waals surface area contributed by atoms with Crippen LogP contribution in [0, 0.1) is 0 Å². The minimum absolute atomic E-state index is 0.0850. The van der Waals surface area contributed by atoms with Crippen molar-refractivity contribution in [3.8, 4) is 0 Å². The molecule has 18 heavy (non-hydrogen) atoms. The molecule has 1 aromatic heterocycles. The largest absolute Gasteiger partial charge is 0.370 e. The van der Waals surface area contributed by atoms with Gasteiger partial charge in [-0.3, -0.25) is 4.79 Å². The predicted molar refractivity (Wildman–Crippen MR) is 72.8 cm³/mol. The molecule has 1 fully saturated rings. The highest BCUT2D eigenvalue weighted by atomic mass is 16.2. The third-order valence-electron chi connectivity index (χ3n) is 2.87. The maximum atomic E-state index is 11.7. The lowest BCUT2D eigenvalue weighted by Gasteiger charge is -2.19. The molecule has 2 N–H and O–H groups in total. The number of pyridine rings is 1. The fraction of sp³-hybridized carbons (Fsp3) is 0.538. The van der Waals surface area contributed by atoms with Crippen molar-refractivity contribution in [1.29, 1.82) is 0 Å². The lowest BCUT2D eigenvalue weighted by atomic mass is 10.3. The van der Waals surface area contributed by atoms with Crippen molar-refractivity contribution >= 4 is 17.4 Å². The number of aromatic nitrogens is 1. The first kappa shape index (κ1) is 12.7. The molecule has 0 spiro atoms. The maximum absolute atomic E-state index is 11.7. The van der Waals surface area contributed by atoms with E-state index in [0.29, 0.717) is 12.6 Å². The quantitative estimate of drug-likeness (QED) is 0.795. The summed E-state index contributed by atoms with van der Waals surface area (Å²) in [5, 5.41) is 6.14. The molecule has 1 saturated carbocycles. The number of anilines is 2. The molecule has 98 valence electrons. The minimum Gasteiger partial charge on any atom is -0.370 e. The Balaban J connectivity index is 1.91. The van der Waals surface area contributed by atoms with Gasteiger partial charge in [0.05, 0.1) is 6.54 Å². The first-order valence-electron chi connectivity index (χ1n) is 6.39. The zero-order valence-electron chi connectivity index (χ0n) is 10.9. The van der Waals surface area contributed by atoms with Crippen LogP contribution in [0.2, 0.25) is 0 Å². The number of carbonyl (C=O) groups excluding carboxylic acids is 1. The van der Waals surface area contributed by atoms with Crippen molar-refractivity contribution in [2.45, 2.75) is 25.8 Å². The minimum atomic E-state index is 0.0850. The summed E-state index contributed by atoms with van der Waals surface area (Å²) in [6.07, 6.45) is 3.99. The molecule has 1 aliphatic rings. The second-order valence-corrected chi connectivity index (χ2v) is 4.63. The first-order chi connectivity index (χ1) is 8.69. The number of likely N-dealkylation sites (N-methyl/N-ethyl adjacent to an activating group) is 1. The van der Waals surface area contributed by atoms with Crippen LogP contribution in [0.3, 0.4) is 0 Å². The van der Waals surface area contributed by atoms with Gasteiger partial charge in [-0.25, -0.2) is 4.98 Å². The molecule has 1 aromatic rings. The molecular weight excluding hydrogens is 228 g/mol. The summed E-state index contributed by atoms with van der Waals surface area (Å²) in [6.45, 7) is 3.25. The van der Waals surface area contributed by atoms with Crippen molar-refractivity contribution in [3.63, 3.8) is 0 Å². The zero-order chi connectivity index (χ0) is 13.0. The van der Waals surface area contributed by atoms with E-state index in [4.69, 9.17) is 0 Å². The Bertz CT molecular complexity index is 417. The Morgan fingerprint density at radius 1 is 1.56 bits per heavy atom. The number of amides is 1. The number of rotatable bonds is 6. The molecule has 0 unspecified atom stereocenters. The summed E-state index contributed by atoms with van der Waals surface area (Å²) in [5.74, 6) is 0.922. The molecular formula is C13H20N4O. The third-order valence-corrected chi connectivity index (χ3v) is 2.87. The summed E-state index contributed by atoms with van der Waals surface area (Å²) in [7, 11) is 1.91.